The van der Waals surface area contributed by atoms with Gasteiger partial charge in [-0.05, 0) is 25.5 Å². The van der Waals surface area contributed by atoms with Crippen molar-refractivity contribution in [1.29, 1.82) is 0 Å². The van der Waals surface area contributed by atoms with Crippen LogP contribution in [0.1, 0.15) is 28.1 Å². The van der Waals surface area contributed by atoms with Crippen LogP contribution in [0.2, 0.25) is 0 Å². The second-order valence-corrected chi connectivity index (χ2v) is 5.89. The molecule has 20 heavy (non-hydrogen) atoms. The predicted octanol–water partition coefficient (Wildman–Crippen LogP) is 3.25. The van der Waals surface area contributed by atoms with Crippen molar-refractivity contribution in [3.63, 3.8) is 0 Å². The minimum absolute atomic E-state index is 0.0626. The standard InChI is InChI=1S/C15H17N3OS/c1-9-4-3-5-11-6-13(19-15(9)11)12(18-16)7-14-17-10(2)8-20-14/h3-6,8,12,18H,7,16H2,1-2H3. The first-order chi connectivity index (χ1) is 9.67. The maximum atomic E-state index is 5.97. The number of aromatic nitrogens is 1. The molecule has 3 N–H and O–H groups in total. The van der Waals surface area contributed by atoms with Crippen LogP contribution in [0, 0.1) is 13.8 Å². The molecule has 1 aromatic carbocycles. The SMILES string of the molecule is Cc1csc(CC(NN)c2cc3cccc(C)c3o2)n1. The first-order valence-electron chi connectivity index (χ1n) is 6.53. The highest BCUT2D eigenvalue weighted by Gasteiger charge is 2.17. The molecule has 0 aliphatic rings. The average Bonchev–Trinajstić information content (AvgIpc) is 3.03. The van der Waals surface area contributed by atoms with E-state index in [9.17, 15) is 0 Å². The van der Waals surface area contributed by atoms with Gasteiger partial charge < -0.3 is 4.42 Å². The summed E-state index contributed by atoms with van der Waals surface area (Å²) in [5.74, 6) is 6.54. The van der Waals surface area contributed by atoms with Crippen molar-refractivity contribution in [1.82, 2.24) is 10.4 Å². The van der Waals surface area contributed by atoms with Crippen LogP contribution in [0.15, 0.2) is 34.1 Å². The monoisotopic (exact) mass is 287 g/mol. The van der Waals surface area contributed by atoms with Gasteiger partial charge in [-0.2, -0.15) is 0 Å². The molecule has 0 aliphatic heterocycles. The molecule has 1 unspecified atom stereocenters. The van der Waals surface area contributed by atoms with Crippen LogP contribution in [-0.4, -0.2) is 4.98 Å². The van der Waals surface area contributed by atoms with Crippen LogP contribution >= 0.6 is 11.3 Å². The molecule has 0 aliphatic carbocycles. The lowest BCUT2D eigenvalue weighted by molar-refractivity contribution is 0.433. The molecular formula is C15H17N3OS. The van der Waals surface area contributed by atoms with E-state index in [1.165, 1.54) is 0 Å². The van der Waals surface area contributed by atoms with Gasteiger partial charge in [0.05, 0.1) is 11.0 Å². The predicted molar refractivity (Wildman–Crippen MR) is 81.6 cm³/mol. The number of hydrogen-bond acceptors (Lipinski definition) is 5. The third-order valence-electron chi connectivity index (χ3n) is 3.35. The number of hydrogen-bond donors (Lipinski definition) is 2. The number of benzene rings is 1. The second kappa shape index (κ2) is 5.36. The third-order valence-corrected chi connectivity index (χ3v) is 4.34. The van der Waals surface area contributed by atoms with E-state index in [1.54, 1.807) is 11.3 Å². The number of rotatable bonds is 4. The highest BCUT2D eigenvalue weighted by atomic mass is 32.1. The fourth-order valence-corrected chi connectivity index (χ4v) is 3.13. The van der Waals surface area contributed by atoms with Gasteiger partial charge in [0.15, 0.2) is 0 Å². The Bertz CT molecular complexity index is 732. The molecule has 0 fully saturated rings. The van der Waals surface area contributed by atoms with Gasteiger partial charge in [0, 0.05) is 22.9 Å². The van der Waals surface area contributed by atoms with Crippen LogP contribution in [0.3, 0.4) is 0 Å². The molecule has 1 atom stereocenters. The Hall–Kier alpha value is -1.69. The summed E-state index contributed by atoms with van der Waals surface area (Å²) in [7, 11) is 0. The normalized spacial score (nSPS) is 12.9. The zero-order valence-corrected chi connectivity index (χ0v) is 12.3. The van der Waals surface area contributed by atoms with Crippen molar-refractivity contribution in [3.05, 3.63) is 51.7 Å². The Balaban J connectivity index is 1.92. The molecular weight excluding hydrogens is 270 g/mol. The van der Waals surface area contributed by atoms with Crippen molar-refractivity contribution in [3.8, 4) is 0 Å². The smallest absolute Gasteiger partial charge is 0.137 e. The molecule has 5 heteroatoms. The second-order valence-electron chi connectivity index (χ2n) is 4.95. The molecule has 0 saturated heterocycles. The van der Waals surface area contributed by atoms with Crippen molar-refractivity contribution in [2.45, 2.75) is 26.3 Å². The molecule has 0 radical (unpaired) electrons. The highest BCUT2D eigenvalue weighted by Crippen LogP contribution is 2.28. The summed E-state index contributed by atoms with van der Waals surface area (Å²) < 4.78 is 5.97. The number of thiazole rings is 1. The van der Waals surface area contributed by atoms with Gasteiger partial charge in [0.2, 0.25) is 0 Å². The van der Waals surface area contributed by atoms with E-state index in [0.29, 0.717) is 0 Å². The summed E-state index contributed by atoms with van der Waals surface area (Å²) in [4.78, 5) is 4.48. The molecule has 104 valence electrons. The van der Waals surface area contributed by atoms with Crippen LogP contribution < -0.4 is 11.3 Å². The third kappa shape index (κ3) is 2.47. The first kappa shape index (κ1) is 13.3. The number of nitrogens with two attached hydrogens (primary N) is 1. The number of fused-ring (bicyclic) bond motifs is 1. The number of nitrogens with zero attached hydrogens (tertiary/aromatic N) is 1. The minimum atomic E-state index is -0.0626. The Kier molecular flexibility index (Phi) is 3.56. The van der Waals surface area contributed by atoms with Crippen LogP contribution in [0.25, 0.3) is 11.0 Å². The topological polar surface area (TPSA) is 64.1 Å². The van der Waals surface area contributed by atoms with Crippen LogP contribution in [0.5, 0.6) is 0 Å². The summed E-state index contributed by atoms with van der Waals surface area (Å²) in [5.41, 5.74) is 5.93. The quantitative estimate of drug-likeness (QED) is 0.571. The van der Waals surface area contributed by atoms with E-state index in [1.807, 2.05) is 37.4 Å². The van der Waals surface area contributed by atoms with Crippen molar-refractivity contribution < 1.29 is 4.42 Å². The van der Waals surface area contributed by atoms with Crippen LogP contribution in [-0.2, 0) is 6.42 Å². The summed E-state index contributed by atoms with van der Waals surface area (Å²) in [5, 5.41) is 4.21. The van der Waals surface area contributed by atoms with E-state index in [2.05, 4.69) is 16.5 Å². The number of furan rings is 1. The average molecular weight is 287 g/mol. The molecule has 3 aromatic rings. The zero-order chi connectivity index (χ0) is 14.1. The van der Waals surface area contributed by atoms with Crippen LogP contribution in [0.4, 0.5) is 0 Å². The van der Waals surface area contributed by atoms with Gasteiger partial charge in [0.25, 0.3) is 0 Å². The van der Waals surface area contributed by atoms with Gasteiger partial charge in [-0.3, -0.25) is 5.84 Å². The molecule has 0 spiro atoms. The Labute approximate surface area is 121 Å². The van der Waals surface area contributed by atoms with E-state index in [0.717, 1.165) is 39.4 Å². The number of nitrogens with one attached hydrogen (secondary N) is 1. The number of hydrazine groups is 1. The molecule has 2 heterocycles. The van der Waals surface area contributed by atoms with E-state index < -0.39 is 0 Å². The van der Waals surface area contributed by atoms with Gasteiger partial charge in [-0.25, -0.2) is 10.4 Å². The number of para-hydroxylation sites is 1. The highest BCUT2D eigenvalue weighted by molar-refractivity contribution is 7.09. The molecule has 0 bridgehead atoms. The number of aryl methyl sites for hydroxylation is 2. The maximum Gasteiger partial charge on any atom is 0.137 e. The maximum absolute atomic E-state index is 5.97. The van der Waals surface area contributed by atoms with Crippen molar-refractivity contribution in [2.75, 3.05) is 0 Å². The van der Waals surface area contributed by atoms with Gasteiger partial charge in [-0.1, -0.05) is 18.2 Å². The van der Waals surface area contributed by atoms with E-state index in [4.69, 9.17) is 10.3 Å². The molecule has 2 aromatic heterocycles. The summed E-state index contributed by atoms with van der Waals surface area (Å²) in [6.45, 7) is 4.04. The Morgan fingerprint density at radius 1 is 1.40 bits per heavy atom. The zero-order valence-electron chi connectivity index (χ0n) is 11.5. The summed E-state index contributed by atoms with van der Waals surface area (Å²) in [6.07, 6.45) is 0.730. The summed E-state index contributed by atoms with van der Waals surface area (Å²) >= 11 is 1.65. The lowest BCUT2D eigenvalue weighted by Crippen LogP contribution is -2.29. The van der Waals surface area contributed by atoms with Gasteiger partial charge in [-0.15, -0.1) is 11.3 Å². The summed E-state index contributed by atoms with van der Waals surface area (Å²) in [6, 6.07) is 8.12. The Morgan fingerprint density at radius 2 is 2.25 bits per heavy atom. The first-order valence-corrected chi connectivity index (χ1v) is 7.41. The fraction of sp³-hybridized carbons (Fsp3) is 0.267. The van der Waals surface area contributed by atoms with E-state index in [-0.39, 0.29) is 6.04 Å². The van der Waals surface area contributed by atoms with Crippen molar-refractivity contribution >= 4 is 22.3 Å². The van der Waals surface area contributed by atoms with E-state index >= 15 is 0 Å². The molecule has 0 amide bonds. The lowest BCUT2D eigenvalue weighted by Gasteiger charge is -2.11. The fourth-order valence-electron chi connectivity index (χ4n) is 2.31. The van der Waals surface area contributed by atoms with Gasteiger partial charge in [0.1, 0.15) is 11.3 Å². The molecule has 3 rings (SSSR count). The molecule has 4 nitrogen and oxygen atoms in total. The van der Waals surface area contributed by atoms with Crippen molar-refractivity contribution in [2.24, 2.45) is 5.84 Å². The van der Waals surface area contributed by atoms with Gasteiger partial charge >= 0.3 is 0 Å². The largest absolute Gasteiger partial charge is 0.459 e. The minimum Gasteiger partial charge on any atom is -0.459 e. The Morgan fingerprint density at radius 3 is 2.90 bits per heavy atom. The lowest BCUT2D eigenvalue weighted by atomic mass is 10.1. The molecule has 0 saturated carbocycles.